The number of halogens is 1. The molecule has 16 heavy (non-hydrogen) atoms. The largest absolute Gasteiger partial charge is 0.242 e. The number of aliphatic imine (C=N–C) groups is 1. The summed E-state index contributed by atoms with van der Waals surface area (Å²) in [5.74, 6) is 0. The van der Waals surface area contributed by atoms with Gasteiger partial charge in [-0.05, 0) is 55.4 Å². The number of hydrogen-bond acceptors (Lipinski definition) is 2. The Kier molecular flexibility index (Phi) is 4.24. The number of allylic oxidation sites excluding steroid dienone is 1. The first-order valence-electron chi connectivity index (χ1n) is 5.37. The number of hydrogen-bond donors (Lipinski definition) is 0. The fourth-order valence-electron chi connectivity index (χ4n) is 1.73. The highest BCUT2D eigenvalue weighted by Gasteiger charge is 2.05. The molecule has 0 spiro atoms. The van der Waals surface area contributed by atoms with Crippen molar-refractivity contribution in [3.63, 3.8) is 0 Å². The Hall–Kier alpha value is -0.540. The molecule has 0 radical (unpaired) electrons. The lowest BCUT2D eigenvalue weighted by molar-refractivity contribution is 0.844. The van der Waals surface area contributed by atoms with Gasteiger partial charge in [-0.15, -0.1) is 11.8 Å². The molecular weight excluding hydrogens is 282 g/mol. The van der Waals surface area contributed by atoms with E-state index in [2.05, 4.69) is 52.5 Å². The molecule has 1 aromatic carbocycles. The van der Waals surface area contributed by atoms with Gasteiger partial charge >= 0.3 is 0 Å². The number of benzene rings is 1. The van der Waals surface area contributed by atoms with Gasteiger partial charge in [0.25, 0.3) is 0 Å². The van der Waals surface area contributed by atoms with Crippen LogP contribution in [0.25, 0.3) is 0 Å². The topological polar surface area (TPSA) is 12.4 Å². The molecule has 0 aliphatic carbocycles. The maximum atomic E-state index is 4.69. The smallest absolute Gasteiger partial charge is 0.0961 e. The minimum atomic E-state index is 1.09. The van der Waals surface area contributed by atoms with Crippen molar-refractivity contribution in [3.05, 3.63) is 40.4 Å². The van der Waals surface area contributed by atoms with Gasteiger partial charge in [-0.2, -0.15) is 0 Å². The van der Waals surface area contributed by atoms with Crippen LogP contribution in [0, 0.1) is 0 Å². The molecule has 0 atom stereocenters. The van der Waals surface area contributed by atoms with Gasteiger partial charge < -0.3 is 0 Å². The molecule has 0 fully saturated rings. The van der Waals surface area contributed by atoms with Crippen LogP contribution in [0.3, 0.4) is 0 Å². The van der Waals surface area contributed by atoms with E-state index in [0.29, 0.717) is 0 Å². The van der Waals surface area contributed by atoms with Gasteiger partial charge in [-0.25, -0.2) is 4.99 Å². The van der Waals surface area contributed by atoms with Gasteiger partial charge in [0.1, 0.15) is 0 Å². The van der Waals surface area contributed by atoms with Gasteiger partial charge in [0.05, 0.1) is 10.7 Å². The van der Waals surface area contributed by atoms with E-state index in [1.807, 2.05) is 0 Å². The summed E-state index contributed by atoms with van der Waals surface area (Å²) < 4.78 is 1.14. The zero-order chi connectivity index (χ0) is 11.4. The molecule has 1 heterocycles. The van der Waals surface area contributed by atoms with Gasteiger partial charge in [0.2, 0.25) is 0 Å². The van der Waals surface area contributed by atoms with Crippen LogP contribution in [0.2, 0.25) is 0 Å². The molecule has 0 saturated carbocycles. The molecule has 0 unspecified atom stereocenters. The van der Waals surface area contributed by atoms with Crippen molar-refractivity contribution in [2.45, 2.75) is 19.3 Å². The Bertz CT molecular complexity index is 438. The Morgan fingerprint density at radius 1 is 1.38 bits per heavy atom. The fraction of sp³-hybridized carbons (Fsp3) is 0.308. The summed E-state index contributed by atoms with van der Waals surface area (Å²) in [7, 11) is 0. The normalized spacial score (nSPS) is 15.8. The zero-order valence-corrected chi connectivity index (χ0v) is 11.6. The van der Waals surface area contributed by atoms with Crippen LogP contribution in [-0.2, 0) is 6.42 Å². The average molecular weight is 296 g/mol. The lowest BCUT2D eigenvalue weighted by Crippen LogP contribution is -1.87. The molecule has 0 amide bonds. The van der Waals surface area contributed by atoms with Crippen LogP contribution < -0.4 is 0 Å². The first-order chi connectivity index (χ1) is 7.79. The number of nitrogens with zero attached hydrogens (tertiary/aromatic N) is 1. The van der Waals surface area contributed by atoms with E-state index < -0.39 is 0 Å². The summed E-state index contributed by atoms with van der Waals surface area (Å²) in [5, 5.41) is 1.09. The van der Waals surface area contributed by atoms with Crippen molar-refractivity contribution in [1.82, 2.24) is 0 Å². The van der Waals surface area contributed by atoms with Crippen LogP contribution in [0.15, 0.2) is 39.8 Å². The average Bonchev–Trinajstić information content (AvgIpc) is 2.38. The predicted molar refractivity (Wildman–Crippen MR) is 76.8 cm³/mol. The van der Waals surface area contributed by atoms with E-state index >= 15 is 0 Å². The molecule has 0 aromatic heterocycles. The van der Waals surface area contributed by atoms with E-state index in [1.165, 1.54) is 12.0 Å². The summed E-state index contributed by atoms with van der Waals surface area (Å²) in [6.45, 7) is 0. The molecule has 3 heteroatoms. The van der Waals surface area contributed by atoms with Crippen LogP contribution in [0.1, 0.15) is 18.4 Å². The van der Waals surface area contributed by atoms with E-state index in [9.17, 15) is 0 Å². The van der Waals surface area contributed by atoms with Gasteiger partial charge in [-0.1, -0.05) is 22.0 Å². The third-order valence-corrected chi connectivity index (χ3v) is 3.70. The second-order valence-corrected chi connectivity index (χ2v) is 5.46. The van der Waals surface area contributed by atoms with E-state index in [1.54, 1.807) is 11.8 Å². The molecule has 1 aliphatic heterocycles. The lowest BCUT2D eigenvalue weighted by atomic mass is 10.1. The Morgan fingerprint density at radius 2 is 2.25 bits per heavy atom. The molecular formula is C13H14BrNS. The zero-order valence-electron chi connectivity index (χ0n) is 9.24. The van der Waals surface area contributed by atoms with E-state index in [0.717, 1.165) is 28.0 Å². The molecule has 0 N–H and O–H groups in total. The van der Waals surface area contributed by atoms with Crippen molar-refractivity contribution in [1.29, 1.82) is 0 Å². The van der Waals surface area contributed by atoms with Gasteiger partial charge in [-0.3, -0.25) is 0 Å². The Morgan fingerprint density at radius 3 is 3.06 bits per heavy atom. The Balaban J connectivity index is 2.44. The fourth-order valence-corrected chi connectivity index (χ4v) is 2.56. The molecule has 0 saturated heterocycles. The minimum absolute atomic E-state index is 1.09. The quantitative estimate of drug-likeness (QED) is 0.674. The van der Waals surface area contributed by atoms with Crippen molar-refractivity contribution < 1.29 is 0 Å². The highest BCUT2D eigenvalue weighted by molar-refractivity contribution is 9.10. The monoisotopic (exact) mass is 295 g/mol. The van der Waals surface area contributed by atoms with E-state index in [-0.39, 0.29) is 0 Å². The predicted octanol–water partition coefficient (Wildman–Crippen LogP) is 4.73. The summed E-state index contributed by atoms with van der Waals surface area (Å²) in [6, 6.07) is 6.33. The van der Waals surface area contributed by atoms with Gasteiger partial charge in [0.15, 0.2) is 0 Å². The van der Waals surface area contributed by atoms with Gasteiger partial charge in [0, 0.05) is 4.47 Å². The summed E-state index contributed by atoms with van der Waals surface area (Å²) in [6.07, 6.45) is 9.84. The van der Waals surface area contributed by atoms with Crippen LogP contribution in [-0.4, -0.2) is 11.3 Å². The number of rotatable bonds is 0. The van der Waals surface area contributed by atoms with Crippen molar-refractivity contribution in [2.75, 3.05) is 6.26 Å². The number of aryl methyl sites for hydroxylation is 1. The van der Waals surface area contributed by atoms with Crippen molar-refractivity contribution in [3.8, 4) is 0 Å². The van der Waals surface area contributed by atoms with Crippen LogP contribution >= 0.6 is 27.7 Å². The van der Waals surface area contributed by atoms with E-state index in [4.69, 9.17) is 4.99 Å². The summed E-state index contributed by atoms with van der Waals surface area (Å²) in [5.41, 5.74) is 2.45. The first-order valence-corrected chi connectivity index (χ1v) is 7.39. The molecule has 2 rings (SSSR count). The molecule has 1 aromatic rings. The first kappa shape index (κ1) is 11.9. The standard InChI is InChI=1S/C13H14BrNS/c1-16-13-6-4-2-3-5-10-9-11(14)7-8-12(10)15-13/h4,6-9H,2-3,5H2,1H3. The minimum Gasteiger partial charge on any atom is -0.242 e. The highest BCUT2D eigenvalue weighted by Crippen LogP contribution is 2.27. The molecule has 0 bridgehead atoms. The summed E-state index contributed by atoms with van der Waals surface area (Å²) >= 11 is 5.21. The SMILES string of the molecule is CSC1=Nc2ccc(Br)cc2CCCC=C1. The molecule has 84 valence electrons. The lowest BCUT2D eigenvalue weighted by Gasteiger charge is -2.05. The maximum Gasteiger partial charge on any atom is 0.0961 e. The third-order valence-electron chi connectivity index (χ3n) is 2.56. The summed E-state index contributed by atoms with van der Waals surface area (Å²) in [4.78, 5) is 4.69. The van der Waals surface area contributed by atoms with Crippen molar-refractivity contribution in [2.24, 2.45) is 4.99 Å². The van der Waals surface area contributed by atoms with Crippen LogP contribution in [0.4, 0.5) is 5.69 Å². The second kappa shape index (κ2) is 5.69. The van der Waals surface area contributed by atoms with Crippen LogP contribution in [0.5, 0.6) is 0 Å². The van der Waals surface area contributed by atoms with Crippen molar-refractivity contribution >= 4 is 38.4 Å². The third kappa shape index (κ3) is 2.98. The maximum absolute atomic E-state index is 4.69. The number of thioether (sulfide) groups is 1. The highest BCUT2D eigenvalue weighted by atomic mass is 79.9. The molecule has 1 aliphatic rings. The second-order valence-electron chi connectivity index (χ2n) is 3.72. The number of fused-ring (bicyclic) bond motifs is 1. The molecule has 1 nitrogen and oxygen atoms in total. The Labute approximate surface area is 109 Å².